The molecule has 0 aliphatic heterocycles. The lowest BCUT2D eigenvalue weighted by Gasteiger charge is -2.20. The lowest BCUT2D eigenvalue weighted by atomic mass is 10.7. The molecule has 0 aromatic heterocycles. The van der Waals surface area contributed by atoms with E-state index in [1.807, 2.05) is 0 Å². The zero-order chi connectivity index (χ0) is 8.41. The van der Waals surface area contributed by atoms with E-state index in [1.54, 1.807) is 0 Å². The summed E-state index contributed by atoms with van der Waals surface area (Å²) in [5, 5.41) is 33.5. The van der Waals surface area contributed by atoms with Crippen LogP contribution in [0.15, 0.2) is 0 Å². The molecule has 0 atom stereocenters. The predicted octanol–water partition coefficient (Wildman–Crippen LogP) is -1.75. The molecular weight excluding hydrogens is 144 g/mol. The second-order valence-corrected chi connectivity index (χ2v) is 2.03. The Balaban J connectivity index is 3.56. The fourth-order valence-electron chi connectivity index (χ4n) is 0.158. The van der Waals surface area contributed by atoms with Gasteiger partial charge in [0.2, 0.25) is 0 Å². The van der Waals surface area contributed by atoms with Gasteiger partial charge in [0.15, 0.2) is 0 Å². The van der Waals surface area contributed by atoms with Crippen LogP contribution in [0.2, 0.25) is 0 Å². The van der Waals surface area contributed by atoms with Gasteiger partial charge in [-0.05, 0) is 0 Å². The molecule has 4 N–H and O–H groups in total. The lowest BCUT2D eigenvalue weighted by molar-refractivity contribution is -0.566. The third-order valence-corrected chi connectivity index (χ3v) is 0.357. The Morgan fingerprint density at radius 3 is 1.10 bits per heavy atom. The highest BCUT2D eigenvalue weighted by Crippen LogP contribution is 2.06. The van der Waals surface area contributed by atoms with Crippen LogP contribution >= 0.6 is 0 Å². The summed E-state index contributed by atoms with van der Waals surface area (Å²) in [7, 11) is 0. The van der Waals surface area contributed by atoms with E-state index in [4.69, 9.17) is 20.4 Å². The van der Waals surface area contributed by atoms with Gasteiger partial charge in [-0.15, -0.1) is 0 Å². The van der Waals surface area contributed by atoms with Crippen molar-refractivity contribution in [2.75, 3.05) is 0 Å². The first kappa shape index (κ1) is 9.76. The van der Waals surface area contributed by atoms with E-state index < -0.39 is 11.9 Å². The molecule has 0 aromatic rings. The number of rotatable bonds is 3. The zero-order valence-electron chi connectivity index (χ0n) is 5.61. The molecule has 0 rings (SSSR count). The minimum Gasteiger partial charge on any atom is -0.342 e. The second kappa shape index (κ2) is 2.79. The van der Waals surface area contributed by atoms with Gasteiger partial charge in [0.1, 0.15) is 0 Å². The van der Waals surface area contributed by atoms with Crippen molar-refractivity contribution in [2.45, 2.75) is 25.8 Å². The van der Waals surface area contributed by atoms with Crippen LogP contribution in [0.4, 0.5) is 0 Å². The Kier molecular flexibility index (Phi) is 2.72. The molecule has 6 heteroatoms. The summed E-state index contributed by atoms with van der Waals surface area (Å²) in [5.74, 6) is -5.07. The van der Waals surface area contributed by atoms with Crippen LogP contribution in [0.25, 0.3) is 0 Å². The number of aliphatic hydroxyl groups is 4. The van der Waals surface area contributed by atoms with Crippen molar-refractivity contribution in [3.05, 3.63) is 0 Å². The van der Waals surface area contributed by atoms with Crippen LogP contribution in [0.3, 0.4) is 0 Å². The predicted molar refractivity (Wildman–Crippen MR) is 27.9 cm³/mol. The average Bonchev–Trinajstić information content (AvgIpc) is 1.57. The first-order valence-electron chi connectivity index (χ1n) is 2.47. The maximum atomic E-state index is 8.37. The van der Waals surface area contributed by atoms with Crippen molar-refractivity contribution in [3.8, 4) is 0 Å². The molecule has 0 saturated heterocycles. The summed E-state index contributed by atoms with van der Waals surface area (Å²) in [6.07, 6.45) is 0. The molecule has 0 unspecified atom stereocenters. The zero-order valence-corrected chi connectivity index (χ0v) is 5.61. The molecule has 0 radical (unpaired) electrons. The van der Waals surface area contributed by atoms with Crippen molar-refractivity contribution in [3.63, 3.8) is 0 Å². The molecule has 0 aliphatic carbocycles. The Labute approximate surface area is 57.2 Å². The molecule has 10 heavy (non-hydrogen) atoms. The summed E-state index contributed by atoms with van der Waals surface area (Å²) >= 11 is 0. The lowest BCUT2D eigenvalue weighted by Crippen LogP contribution is -2.35. The Morgan fingerprint density at radius 1 is 0.800 bits per heavy atom. The third kappa shape index (κ3) is 7.76. The van der Waals surface area contributed by atoms with E-state index in [1.165, 1.54) is 0 Å². The van der Waals surface area contributed by atoms with Gasteiger partial charge in [0.25, 0.3) is 0 Å². The van der Waals surface area contributed by atoms with Gasteiger partial charge in [0, 0.05) is 13.8 Å². The summed E-state index contributed by atoms with van der Waals surface area (Å²) < 4.78 is 0. The quantitative estimate of drug-likeness (QED) is 0.218. The first-order chi connectivity index (χ1) is 4.21. The van der Waals surface area contributed by atoms with Crippen LogP contribution in [0.1, 0.15) is 13.8 Å². The van der Waals surface area contributed by atoms with Gasteiger partial charge in [-0.3, -0.25) is 0 Å². The smallest absolute Gasteiger partial charge is 0.304 e. The largest absolute Gasteiger partial charge is 0.342 e. The molecule has 0 heterocycles. The molecule has 62 valence electrons. The molecule has 0 aliphatic rings. The van der Waals surface area contributed by atoms with E-state index in [0.717, 1.165) is 13.8 Å². The van der Waals surface area contributed by atoms with Gasteiger partial charge in [-0.1, -0.05) is 0 Å². The van der Waals surface area contributed by atoms with Crippen LogP contribution in [-0.2, 0) is 9.78 Å². The normalized spacial score (nSPS) is 13.8. The molecule has 0 amide bonds. The average molecular weight is 154 g/mol. The fraction of sp³-hybridized carbons (Fsp3) is 1.00. The summed E-state index contributed by atoms with van der Waals surface area (Å²) in [5.41, 5.74) is 0. The van der Waals surface area contributed by atoms with Crippen LogP contribution in [0, 0.1) is 0 Å². The van der Waals surface area contributed by atoms with Gasteiger partial charge >= 0.3 is 11.9 Å². The molecule has 0 aromatic carbocycles. The van der Waals surface area contributed by atoms with Crippen molar-refractivity contribution >= 4 is 0 Å². The highest BCUT2D eigenvalue weighted by molar-refractivity contribution is 4.31. The Bertz CT molecular complexity index is 83.3. The molecule has 0 spiro atoms. The van der Waals surface area contributed by atoms with Crippen LogP contribution in [0.5, 0.6) is 0 Å². The first-order valence-corrected chi connectivity index (χ1v) is 2.47. The summed E-state index contributed by atoms with van der Waals surface area (Å²) in [6.45, 7) is 1.69. The SMILES string of the molecule is CC(O)(O)OOC(C)(O)O. The van der Waals surface area contributed by atoms with E-state index >= 15 is 0 Å². The van der Waals surface area contributed by atoms with Crippen molar-refractivity contribution in [2.24, 2.45) is 0 Å². The highest BCUT2D eigenvalue weighted by atomic mass is 17.3. The molecule has 0 fully saturated rings. The maximum Gasteiger partial charge on any atom is 0.304 e. The van der Waals surface area contributed by atoms with Gasteiger partial charge in [-0.25, -0.2) is 0 Å². The third-order valence-electron chi connectivity index (χ3n) is 0.357. The molecule has 0 bridgehead atoms. The van der Waals surface area contributed by atoms with E-state index in [-0.39, 0.29) is 0 Å². The Morgan fingerprint density at radius 2 is 1.00 bits per heavy atom. The fourth-order valence-corrected chi connectivity index (χ4v) is 0.158. The Hall–Kier alpha value is -0.240. The molecule has 0 saturated carbocycles. The second-order valence-electron chi connectivity index (χ2n) is 2.03. The molecule has 6 nitrogen and oxygen atoms in total. The van der Waals surface area contributed by atoms with Crippen molar-refractivity contribution in [1.82, 2.24) is 0 Å². The maximum absolute atomic E-state index is 8.37. The highest BCUT2D eigenvalue weighted by Gasteiger charge is 2.25. The van der Waals surface area contributed by atoms with E-state index in [2.05, 4.69) is 9.78 Å². The van der Waals surface area contributed by atoms with E-state index in [0.29, 0.717) is 0 Å². The van der Waals surface area contributed by atoms with Crippen LogP contribution < -0.4 is 0 Å². The minimum atomic E-state index is -2.54. The number of hydrogen-bond donors (Lipinski definition) is 4. The standard InChI is InChI=1S/C4H10O6/c1-3(5,6)9-10-4(2,7)8/h5-8H,1-2H3. The topological polar surface area (TPSA) is 99.4 Å². The van der Waals surface area contributed by atoms with Gasteiger partial charge in [0.05, 0.1) is 0 Å². The number of hydrogen-bond acceptors (Lipinski definition) is 6. The van der Waals surface area contributed by atoms with Gasteiger partial charge < -0.3 is 20.4 Å². The van der Waals surface area contributed by atoms with Crippen molar-refractivity contribution in [1.29, 1.82) is 0 Å². The summed E-state index contributed by atoms with van der Waals surface area (Å²) in [6, 6.07) is 0. The van der Waals surface area contributed by atoms with Crippen molar-refractivity contribution < 1.29 is 30.2 Å². The molecular formula is C4H10O6. The monoisotopic (exact) mass is 154 g/mol. The summed E-state index contributed by atoms with van der Waals surface area (Å²) in [4.78, 5) is 7.41. The minimum absolute atomic E-state index is 0.846. The van der Waals surface area contributed by atoms with Gasteiger partial charge in [-0.2, -0.15) is 9.78 Å². The van der Waals surface area contributed by atoms with E-state index in [9.17, 15) is 0 Å². The van der Waals surface area contributed by atoms with Crippen LogP contribution in [-0.4, -0.2) is 32.4 Å².